The van der Waals surface area contributed by atoms with Crippen LogP contribution in [-0.4, -0.2) is 35.8 Å². The predicted molar refractivity (Wildman–Crippen MR) is 56.7 cm³/mol. The molecule has 5 nitrogen and oxygen atoms in total. The molecule has 0 aromatic carbocycles. The molecule has 0 fully saturated rings. The summed E-state index contributed by atoms with van der Waals surface area (Å²) in [6.07, 6.45) is 0. The quantitative estimate of drug-likeness (QED) is 0.854. The van der Waals surface area contributed by atoms with Gasteiger partial charge in [0.1, 0.15) is 10.6 Å². The second-order valence-electron chi connectivity index (χ2n) is 2.47. The van der Waals surface area contributed by atoms with Gasteiger partial charge in [0.05, 0.1) is 6.61 Å². The minimum atomic E-state index is -0.960. The first-order chi connectivity index (χ1) is 6.63. The van der Waals surface area contributed by atoms with Gasteiger partial charge < -0.3 is 15.2 Å². The Morgan fingerprint density at radius 3 is 3.07 bits per heavy atom. The van der Waals surface area contributed by atoms with E-state index in [9.17, 15) is 4.79 Å². The molecule has 0 amide bonds. The van der Waals surface area contributed by atoms with Gasteiger partial charge in [0.2, 0.25) is 0 Å². The first kappa shape index (κ1) is 11.4. The number of anilines is 1. The lowest BCUT2D eigenvalue weighted by molar-refractivity contribution is -0.139. The Balaban J connectivity index is 2.59. The molecule has 7 heteroatoms. The van der Waals surface area contributed by atoms with Crippen molar-refractivity contribution in [2.75, 3.05) is 19.0 Å². The Labute approximate surface area is 93.2 Å². The molecule has 0 saturated carbocycles. The van der Waals surface area contributed by atoms with Gasteiger partial charge in [-0.05, 0) is 15.9 Å². The van der Waals surface area contributed by atoms with E-state index in [4.69, 9.17) is 9.84 Å². The molecule has 1 aromatic heterocycles. The number of thiazole rings is 1. The van der Waals surface area contributed by atoms with Crippen molar-refractivity contribution in [3.8, 4) is 0 Å². The van der Waals surface area contributed by atoms with E-state index in [1.807, 2.05) is 0 Å². The third-order valence-electron chi connectivity index (χ3n) is 1.41. The minimum absolute atomic E-state index is 0.104. The Bertz CT molecular complexity index is 318. The van der Waals surface area contributed by atoms with Gasteiger partial charge in [-0.2, -0.15) is 0 Å². The van der Waals surface area contributed by atoms with Crippen LogP contribution in [0.25, 0.3) is 0 Å². The predicted octanol–water partition coefficient (Wildman–Crippen LogP) is 1.42. The van der Waals surface area contributed by atoms with E-state index in [2.05, 4.69) is 26.2 Å². The van der Waals surface area contributed by atoms with Crippen LogP contribution in [0.5, 0.6) is 0 Å². The summed E-state index contributed by atoms with van der Waals surface area (Å²) in [4.78, 5) is 14.7. The van der Waals surface area contributed by atoms with Crippen LogP contribution in [0, 0.1) is 0 Å². The number of aliphatic carboxylic acids is 1. The third-order valence-corrected chi connectivity index (χ3v) is 2.89. The third kappa shape index (κ3) is 3.24. The molecule has 0 aliphatic rings. The molecule has 1 atom stereocenters. The first-order valence-electron chi connectivity index (χ1n) is 3.72. The fourth-order valence-corrected chi connectivity index (χ4v) is 2.01. The molecular weight excluding hydrogens is 272 g/mol. The molecule has 1 unspecified atom stereocenters. The standard InChI is InChI=1S/C7H9BrN2O3S/c1-13-2-4(6(11)12)9-7-10-5(8)3-14-7/h3-4H,2H2,1H3,(H,9,10)(H,11,12). The van der Waals surface area contributed by atoms with Crippen LogP contribution < -0.4 is 5.32 Å². The summed E-state index contributed by atoms with van der Waals surface area (Å²) in [6, 6.07) is -0.766. The van der Waals surface area contributed by atoms with Crippen molar-refractivity contribution in [3.05, 3.63) is 9.98 Å². The molecule has 1 aromatic rings. The van der Waals surface area contributed by atoms with Gasteiger partial charge in [-0.15, -0.1) is 11.3 Å². The number of nitrogens with one attached hydrogen (secondary N) is 1. The molecular formula is C7H9BrN2O3S. The van der Waals surface area contributed by atoms with Crippen LogP contribution in [0.4, 0.5) is 5.13 Å². The van der Waals surface area contributed by atoms with E-state index >= 15 is 0 Å². The topological polar surface area (TPSA) is 71.5 Å². The number of carboxylic acid groups (broad SMARTS) is 1. The van der Waals surface area contributed by atoms with Gasteiger partial charge in [-0.3, -0.25) is 0 Å². The molecule has 0 aliphatic carbocycles. The average Bonchev–Trinajstić information content (AvgIpc) is 2.50. The largest absolute Gasteiger partial charge is 0.480 e. The first-order valence-corrected chi connectivity index (χ1v) is 5.40. The molecule has 1 heterocycles. The van der Waals surface area contributed by atoms with Crippen molar-refractivity contribution in [2.24, 2.45) is 0 Å². The second kappa shape index (κ2) is 5.28. The maximum atomic E-state index is 10.7. The average molecular weight is 281 g/mol. The Morgan fingerprint density at radius 1 is 1.93 bits per heavy atom. The van der Waals surface area contributed by atoms with Gasteiger partial charge in [-0.1, -0.05) is 0 Å². The second-order valence-corrected chi connectivity index (χ2v) is 4.14. The van der Waals surface area contributed by atoms with Crippen molar-refractivity contribution in [1.82, 2.24) is 4.98 Å². The molecule has 0 radical (unpaired) electrons. The van der Waals surface area contributed by atoms with Crippen molar-refractivity contribution in [1.29, 1.82) is 0 Å². The Kier molecular flexibility index (Phi) is 4.30. The SMILES string of the molecule is COCC(Nc1nc(Br)cs1)C(=O)O. The summed E-state index contributed by atoms with van der Waals surface area (Å²) in [6.45, 7) is 0.104. The highest BCUT2D eigenvalue weighted by Crippen LogP contribution is 2.20. The fraction of sp³-hybridized carbons (Fsp3) is 0.429. The van der Waals surface area contributed by atoms with Crippen molar-refractivity contribution < 1.29 is 14.6 Å². The number of ether oxygens (including phenoxy) is 1. The zero-order valence-corrected chi connectivity index (χ0v) is 9.76. The highest BCUT2D eigenvalue weighted by Gasteiger charge is 2.17. The number of hydrogen-bond acceptors (Lipinski definition) is 5. The number of nitrogens with zero attached hydrogens (tertiary/aromatic N) is 1. The van der Waals surface area contributed by atoms with Gasteiger partial charge in [0, 0.05) is 12.5 Å². The number of hydrogen-bond donors (Lipinski definition) is 2. The number of methoxy groups -OCH3 is 1. The minimum Gasteiger partial charge on any atom is -0.480 e. The van der Waals surface area contributed by atoms with Crippen molar-refractivity contribution >= 4 is 38.4 Å². The maximum absolute atomic E-state index is 10.7. The molecule has 14 heavy (non-hydrogen) atoms. The van der Waals surface area contributed by atoms with E-state index in [-0.39, 0.29) is 6.61 Å². The van der Waals surface area contributed by atoms with Crippen LogP contribution in [0.2, 0.25) is 0 Å². The van der Waals surface area contributed by atoms with Crippen LogP contribution in [0.15, 0.2) is 9.98 Å². The summed E-state index contributed by atoms with van der Waals surface area (Å²) < 4.78 is 5.45. The normalized spacial score (nSPS) is 12.4. The number of rotatable bonds is 5. The number of carboxylic acids is 1. The van der Waals surface area contributed by atoms with Crippen LogP contribution in [-0.2, 0) is 9.53 Å². The Morgan fingerprint density at radius 2 is 2.64 bits per heavy atom. The molecule has 2 N–H and O–H groups in total. The molecule has 78 valence electrons. The van der Waals surface area contributed by atoms with E-state index in [0.717, 1.165) is 0 Å². The highest BCUT2D eigenvalue weighted by atomic mass is 79.9. The molecule has 0 spiro atoms. The summed E-state index contributed by atoms with van der Waals surface area (Å²) in [5.74, 6) is -0.960. The number of halogens is 1. The number of aromatic nitrogens is 1. The lowest BCUT2D eigenvalue weighted by Crippen LogP contribution is -2.33. The van der Waals surface area contributed by atoms with E-state index in [1.54, 1.807) is 5.38 Å². The smallest absolute Gasteiger partial charge is 0.328 e. The van der Waals surface area contributed by atoms with E-state index in [1.165, 1.54) is 18.4 Å². The maximum Gasteiger partial charge on any atom is 0.328 e. The van der Waals surface area contributed by atoms with Crippen LogP contribution in [0.1, 0.15) is 0 Å². The lowest BCUT2D eigenvalue weighted by atomic mass is 10.3. The summed E-state index contributed by atoms with van der Waals surface area (Å²) in [5, 5.41) is 13.9. The zero-order valence-electron chi connectivity index (χ0n) is 7.36. The molecule has 0 bridgehead atoms. The van der Waals surface area contributed by atoms with Crippen LogP contribution >= 0.6 is 27.3 Å². The lowest BCUT2D eigenvalue weighted by Gasteiger charge is -2.11. The molecule has 0 saturated heterocycles. The summed E-state index contributed by atoms with van der Waals surface area (Å²) >= 11 is 4.51. The summed E-state index contributed by atoms with van der Waals surface area (Å²) in [7, 11) is 1.45. The van der Waals surface area contributed by atoms with Gasteiger partial charge in [-0.25, -0.2) is 9.78 Å². The van der Waals surface area contributed by atoms with E-state index < -0.39 is 12.0 Å². The molecule has 0 aliphatic heterocycles. The van der Waals surface area contributed by atoms with Gasteiger partial charge in [0.25, 0.3) is 0 Å². The highest BCUT2D eigenvalue weighted by molar-refractivity contribution is 9.10. The number of carbonyl (C=O) groups is 1. The van der Waals surface area contributed by atoms with Gasteiger partial charge in [0.15, 0.2) is 5.13 Å². The monoisotopic (exact) mass is 280 g/mol. The van der Waals surface area contributed by atoms with Gasteiger partial charge >= 0.3 is 5.97 Å². The zero-order chi connectivity index (χ0) is 10.6. The fourth-order valence-electron chi connectivity index (χ4n) is 0.811. The van der Waals surface area contributed by atoms with E-state index in [0.29, 0.717) is 9.73 Å². The van der Waals surface area contributed by atoms with Crippen molar-refractivity contribution in [3.63, 3.8) is 0 Å². The summed E-state index contributed by atoms with van der Waals surface area (Å²) in [5.41, 5.74) is 0. The van der Waals surface area contributed by atoms with Crippen LogP contribution in [0.3, 0.4) is 0 Å². The molecule has 1 rings (SSSR count). The van der Waals surface area contributed by atoms with Crippen molar-refractivity contribution in [2.45, 2.75) is 6.04 Å². The Hall–Kier alpha value is -0.660.